The number of hydrogen-bond donors (Lipinski definition) is 1. The molecule has 0 saturated heterocycles. The second-order valence-corrected chi connectivity index (χ2v) is 8.28. The van der Waals surface area contributed by atoms with Gasteiger partial charge in [-0.1, -0.05) is 29.2 Å². The van der Waals surface area contributed by atoms with Crippen molar-refractivity contribution < 1.29 is 14.3 Å². The first-order valence-corrected chi connectivity index (χ1v) is 10.4. The maximum atomic E-state index is 12.5. The van der Waals surface area contributed by atoms with Crippen LogP contribution in [-0.4, -0.2) is 36.0 Å². The van der Waals surface area contributed by atoms with E-state index in [-0.39, 0.29) is 11.5 Å². The number of nitrogens with zero attached hydrogens (tertiary/aromatic N) is 2. The van der Waals surface area contributed by atoms with E-state index in [1.54, 1.807) is 32.4 Å². The number of carbonyl (C=O) groups excluding carboxylic acids is 1. The van der Waals surface area contributed by atoms with E-state index in [9.17, 15) is 4.79 Å². The average Bonchev–Trinajstić information content (AvgIpc) is 3.15. The minimum absolute atomic E-state index is 0.00942. The molecule has 0 aliphatic carbocycles. The molecule has 0 radical (unpaired) electrons. The summed E-state index contributed by atoms with van der Waals surface area (Å²) < 4.78 is 11.2. The molecule has 2 aromatic carbocycles. The predicted octanol–water partition coefficient (Wildman–Crippen LogP) is 4.89. The van der Waals surface area contributed by atoms with Crippen molar-refractivity contribution >= 4 is 39.7 Å². The van der Waals surface area contributed by atoms with Gasteiger partial charge in [-0.2, -0.15) is 0 Å². The molecule has 8 heteroatoms. The lowest BCUT2D eigenvalue weighted by Crippen LogP contribution is -2.03. The van der Waals surface area contributed by atoms with Crippen LogP contribution in [0.3, 0.4) is 0 Å². The Hall–Kier alpha value is -2.58. The van der Waals surface area contributed by atoms with Crippen LogP contribution in [0, 0.1) is 13.8 Å². The number of anilines is 2. The fourth-order valence-corrected chi connectivity index (χ4v) is 4.15. The maximum absolute atomic E-state index is 12.5. The first-order valence-electron chi connectivity index (χ1n) is 8.56. The molecule has 0 bridgehead atoms. The van der Waals surface area contributed by atoms with Gasteiger partial charge in [-0.3, -0.25) is 4.79 Å². The molecular weight excluding hydrogens is 394 g/mol. The molecular formula is C20H21N3O3S2. The van der Waals surface area contributed by atoms with E-state index in [4.69, 9.17) is 9.47 Å². The van der Waals surface area contributed by atoms with Crippen molar-refractivity contribution in [3.8, 4) is 11.5 Å². The zero-order valence-corrected chi connectivity index (χ0v) is 17.7. The zero-order chi connectivity index (χ0) is 20.1. The van der Waals surface area contributed by atoms with Crippen molar-refractivity contribution in [1.82, 2.24) is 10.2 Å². The van der Waals surface area contributed by atoms with Crippen LogP contribution in [0.4, 0.5) is 10.8 Å². The summed E-state index contributed by atoms with van der Waals surface area (Å²) in [5, 5.41) is 12.3. The fourth-order valence-electron chi connectivity index (χ4n) is 2.48. The highest BCUT2D eigenvalue weighted by Crippen LogP contribution is 2.31. The van der Waals surface area contributed by atoms with Crippen molar-refractivity contribution in [1.29, 1.82) is 0 Å². The number of thioether (sulfide) groups is 1. The Balaban J connectivity index is 1.61. The summed E-state index contributed by atoms with van der Waals surface area (Å²) in [6.45, 7) is 4.15. The molecule has 3 aromatic rings. The average molecular weight is 416 g/mol. The van der Waals surface area contributed by atoms with Crippen LogP contribution in [0.1, 0.15) is 21.5 Å². The molecule has 0 fully saturated rings. The van der Waals surface area contributed by atoms with E-state index in [1.165, 1.54) is 34.2 Å². The number of hydrogen-bond acceptors (Lipinski definition) is 8. The van der Waals surface area contributed by atoms with Gasteiger partial charge >= 0.3 is 0 Å². The van der Waals surface area contributed by atoms with E-state index in [0.29, 0.717) is 22.2 Å². The fraction of sp³-hybridized carbons (Fsp3) is 0.250. The number of benzene rings is 2. The monoisotopic (exact) mass is 415 g/mol. The number of methoxy groups -OCH3 is 2. The van der Waals surface area contributed by atoms with Gasteiger partial charge in [-0.05, 0) is 55.3 Å². The van der Waals surface area contributed by atoms with Crippen LogP contribution in [-0.2, 0) is 0 Å². The molecule has 1 heterocycles. The van der Waals surface area contributed by atoms with Crippen molar-refractivity contribution in [3.05, 3.63) is 53.1 Å². The molecule has 28 heavy (non-hydrogen) atoms. The Bertz CT molecular complexity index is 989. The number of carbonyl (C=O) groups is 1. The topological polar surface area (TPSA) is 73.3 Å². The SMILES string of the molecule is COc1ccc(C(=O)CSc2nnc(Nc3ccc(C)c(C)c3)s2)cc1OC. The van der Waals surface area contributed by atoms with Gasteiger partial charge < -0.3 is 14.8 Å². The molecule has 6 nitrogen and oxygen atoms in total. The van der Waals surface area contributed by atoms with Gasteiger partial charge in [0.2, 0.25) is 5.13 Å². The lowest BCUT2D eigenvalue weighted by atomic mass is 10.1. The highest BCUT2D eigenvalue weighted by Gasteiger charge is 2.13. The van der Waals surface area contributed by atoms with E-state index in [2.05, 4.69) is 41.5 Å². The standard InChI is InChI=1S/C20H21N3O3S2/c1-12-5-7-15(9-13(12)2)21-19-22-23-20(28-19)27-11-16(24)14-6-8-17(25-3)18(10-14)26-4/h5-10H,11H2,1-4H3,(H,21,22). The van der Waals surface area contributed by atoms with E-state index in [0.717, 1.165) is 10.0 Å². The number of rotatable bonds is 8. The Morgan fingerprint density at radius 1 is 1.04 bits per heavy atom. The highest BCUT2D eigenvalue weighted by atomic mass is 32.2. The summed E-state index contributed by atoms with van der Waals surface area (Å²) in [7, 11) is 3.11. The first kappa shape index (κ1) is 20.2. The van der Waals surface area contributed by atoms with E-state index < -0.39 is 0 Å². The Morgan fingerprint density at radius 2 is 1.82 bits per heavy atom. The Morgan fingerprint density at radius 3 is 2.54 bits per heavy atom. The molecule has 3 rings (SSSR count). The predicted molar refractivity (Wildman–Crippen MR) is 114 cm³/mol. The maximum Gasteiger partial charge on any atom is 0.210 e. The van der Waals surface area contributed by atoms with Gasteiger partial charge in [0.05, 0.1) is 20.0 Å². The van der Waals surface area contributed by atoms with Gasteiger partial charge in [0.15, 0.2) is 21.6 Å². The largest absolute Gasteiger partial charge is 0.493 e. The van der Waals surface area contributed by atoms with Crippen molar-refractivity contribution in [2.75, 3.05) is 25.3 Å². The number of ketones is 1. The molecule has 0 amide bonds. The van der Waals surface area contributed by atoms with Crippen molar-refractivity contribution in [2.24, 2.45) is 0 Å². The number of Topliss-reactive ketones (excluding diaryl/α,β-unsaturated/α-hetero) is 1. The highest BCUT2D eigenvalue weighted by molar-refractivity contribution is 8.01. The molecule has 0 spiro atoms. The third-order valence-electron chi connectivity index (χ3n) is 4.20. The van der Waals surface area contributed by atoms with Gasteiger partial charge in [0.25, 0.3) is 0 Å². The minimum Gasteiger partial charge on any atom is -0.493 e. The molecule has 1 N–H and O–H groups in total. The minimum atomic E-state index is -0.00942. The quantitative estimate of drug-likeness (QED) is 0.415. The second-order valence-electron chi connectivity index (χ2n) is 6.08. The summed E-state index contributed by atoms with van der Waals surface area (Å²) in [6.07, 6.45) is 0. The first-order chi connectivity index (χ1) is 13.5. The van der Waals surface area contributed by atoms with E-state index in [1.807, 2.05) is 6.07 Å². The molecule has 1 aromatic heterocycles. The van der Waals surface area contributed by atoms with Crippen LogP contribution < -0.4 is 14.8 Å². The van der Waals surface area contributed by atoms with Gasteiger partial charge in [0, 0.05) is 11.3 Å². The van der Waals surface area contributed by atoms with Crippen LogP contribution in [0.25, 0.3) is 0 Å². The van der Waals surface area contributed by atoms with Gasteiger partial charge in [-0.25, -0.2) is 0 Å². The summed E-state index contributed by atoms with van der Waals surface area (Å²) in [5.74, 6) is 1.39. The summed E-state index contributed by atoms with van der Waals surface area (Å²) in [4.78, 5) is 12.5. The van der Waals surface area contributed by atoms with Crippen LogP contribution in [0.15, 0.2) is 40.7 Å². The summed E-state index contributed by atoms with van der Waals surface area (Å²) >= 11 is 2.79. The zero-order valence-electron chi connectivity index (χ0n) is 16.1. The molecule has 0 aliphatic heterocycles. The smallest absolute Gasteiger partial charge is 0.210 e. The lowest BCUT2D eigenvalue weighted by Gasteiger charge is -2.08. The summed E-state index contributed by atoms with van der Waals surface area (Å²) in [6, 6.07) is 11.3. The third-order valence-corrected chi connectivity index (χ3v) is 6.17. The van der Waals surface area contributed by atoms with Crippen LogP contribution >= 0.6 is 23.1 Å². The second kappa shape index (κ2) is 9.07. The normalized spacial score (nSPS) is 10.6. The third kappa shape index (κ3) is 4.82. The molecule has 0 saturated carbocycles. The molecule has 146 valence electrons. The van der Waals surface area contributed by atoms with Crippen LogP contribution in [0.5, 0.6) is 11.5 Å². The van der Waals surface area contributed by atoms with Gasteiger partial charge in [-0.15, -0.1) is 10.2 Å². The van der Waals surface area contributed by atoms with Gasteiger partial charge in [0.1, 0.15) is 0 Å². The van der Waals surface area contributed by atoms with Crippen molar-refractivity contribution in [2.45, 2.75) is 18.2 Å². The van der Waals surface area contributed by atoms with E-state index >= 15 is 0 Å². The van der Waals surface area contributed by atoms with Crippen molar-refractivity contribution in [3.63, 3.8) is 0 Å². The van der Waals surface area contributed by atoms with Crippen LogP contribution in [0.2, 0.25) is 0 Å². The summed E-state index contributed by atoms with van der Waals surface area (Å²) in [5.41, 5.74) is 4.00. The Kier molecular flexibility index (Phi) is 6.53. The lowest BCUT2D eigenvalue weighted by molar-refractivity contribution is 0.102. The molecule has 0 aliphatic rings. The number of ether oxygens (including phenoxy) is 2. The Labute approximate surface area is 172 Å². The molecule has 0 atom stereocenters. The number of aryl methyl sites for hydroxylation is 2. The molecule has 0 unspecified atom stereocenters. The number of aromatic nitrogens is 2. The number of nitrogens with one attached hydrogen (secondary N) is 1.